The van der Waals surface area contributed by atoms with Crippen LogP contribution in [0.2, 0.25) is 10.0 Å². The summed E-state index contributed by atoms with van der Waals surface area (Å²) in [5.41, 5.74) is 4.45. The summed E-state index contributed by atoms with van der Waals surface area (Å²) in [6, 6.07) is 14.5. The van der Waals surface area contributed by atoms with E-state index in [9.17, 15) is 4.79 Å². The van der Waals surface area contributed by atoms with Crippen LogP contribution in [0.25, 0.3) is 11.3 Å². The molecule has 2 fully saturated rings. The highest BCUT2D eigenvalue weighted by Gasteiger charge is 2.46. The molecule has 7 nitrogen and oxygen atoms in total. The van der Waals surface area contributed by atoms with Crippen molar-refractivity contribution in [2.75, 3.05) is 7.11 Å². The Balaban J connectivity index is 1.18. The van der Waals surface area contributed by atoms with Gasteiger partial charge in [-0.2, -0.15) is 0 Å². The number of carbonyl (C=O) groups is 1. The maximum absolute atomic E-state index is 12.0. The van der Waals surface area contributed by atoms with Gasteiger partial charge in [-0.3, -0.25) is 0 Å². The largest absolute Gasteiger partial charge is 0.473 e. The third kappa shape index (κ3) is 4.01. The Morgan fingerprint density at radius 1 is 1.05 bits per heavy atom. The van der Waals surface area contributed by atoms with E-state index in [2.05, 4.69) is 5.16 Å². The highest BCUT2D eigenvalue weighted by atomic mass is 35.5. The first-order valence-corrected chi connectivity index (χ1v) is 13.2. The lowest BCUT2D eigenvalue weighted by molar-refractivity contribution is 0.0600. The highest BCUT2D eigenvalue weighted by molar-refractivity contribution is 6.39. The van der Waals surface area contributed by atoms with Gasteiger partial charge in [0, 0.05) is 23.5 Å². The number of carbonyl (C=O) groups excluding carboxylic acids is 1. The Bertz CT molecular complexity index is 1580. The van der Waals surface area contributed by atoms with Gasteiger partial charge in [0.25, 0.3) is 0 Å². The Kier molecular flexibility index (Phi) is 5.60. The molecular weight excluding hydrogens is 527 g/mol. The molecule has 0 saturated heterocycles. The van der Waals surface area contributed by atoms with E-state index in [1.54, 1.807) is 36.4 Å². The van der Waals surface area contributed by atoms with Crippen molar-refractivity contribution in [3.8, 4) is 28.6 Å². The maximum Gasteiger partial charge on any atom is 0.337 e. The molecule has 2 saturated carbocycles. The van der Waals surface area contributed by atoms with Gasteiger partial charge in [0.2, 0.25) is 5.88 Å². The van der Waals surface area contributed by atoms with Crippen molar-refractivity contribution in [3.05, 3.63) is 86.7 Å². The van der Waals surface area contributed by atoms with Crippen molar-refractivity contribution < 1.29 is 23.5 Å². The minimum Gasteiger partial charge on any atom is -0.473 e. The molecule has 0 bridgehead atoms. The minimum atomic E-state index is -0.396. The summed E-state index contributed by atoms with van der Waals surface area (Å²) in [7, 11) is 1.37. The fraction of sp³-hybridized carbons (Fsp3) is 0.276. The molecule has 3 heterocycles. The first kappa shape index (κ1) is 23.6. The van der Waals surface area contributed by atoms with Crippen LogP contribution in [-0.4, -0.2) is 23.2 Å². The Hall–Kier alpha value is -3.55. The van der Waals surface area contributed by atoms with Crippen molar-refractivity contribution in [2.45, 2.75) is 43.6 Å². The van der Waals surface area contributed by atoms with Crippen molar-refractivity contribution in [1.82, 2.24) is 10.1 Å². The van der Waals surface area contributed by atoms with Crippen molar-refractivity contribution in [3.63, 3.8) is 0 Å². The molecule has 0 radical (unpaired) electrons. The fourth-order valence-corrected chi connectivity index (χ4v) is 5.78. The van der Waals surface area contributed by atoms with Crippen molar-refractivity contribution in [1.29, 1.82) is 0 Å². The van der Waals surface area contributed by atoms with Gasteiger partial charge in [-0.1, -0.05) is 40.5 Å². The zero-order valence-electron chi connectivity index (χ0n) is 20.4. The van der Waals surface area contributed by atoms with Gasteiger partial charge < -0.3 is 18.7 Å². The molecule has 2 aliphatic carbocycles. The third-order valence-electron chi connectivity index (χ3n) is 7.39. The molecule has 192 valence electrons. The molecule has 3 aliphatic rings. The summed E-state index contributed by atoms with van der Waals surface area (Å²) in [6.07, 6.45) is 3.06. The van der Waals surface area contributed by atoms with E-state index >= 15 is 0 Å². The molecular formula is C29H22Cl2N2O5. The van der Waals surface area contributed by atoms with Crippen LogP contribution in [0, 0.1) is 0 Å². The summed E-state index contributed by atoms with van der Waals surface area (Å²) in [4.78, 5) is 16.9. The topological polar surface area (TPSA) is 83.7 Å². The van der Waals surface area contributed by atoms with Crippen LogP contribution in [0.15, 0.2) is 53.1 Å². The van der Waals surface area contributed by atoms with E-state index in [4.69, 9.17) is 46.9 Å². The van der Waals surface area contributed by atoms with E-state index < -0.39 is 5.97 Å². The second-order valence-electron chi connectivity index (χ2n) is 9.86. The molecule has 0 N–H and O–H groups in total. The molecule has 7 rings (SSSR count). The maximum atomic E-state index is 12.0. The molecule has 4 aromatic rings. The normalized spacial score (nSPS) is 18.9. The molecule has 1 aliphatic heterocycles. The van der Waals surface area contributed by atoms with E-state index in [-0.39, 0.29) is 18.4 Å². The Labute approximate surface area is 228 Å². The van der Waals surface area contributed by atoms with E-state index in [0.717, 1.165) is 41.8 Å². The highest BCUT2D eigenvalue weighted by Crippen LogP contribution is 2.61. The minimum absolute atomic E-state index is 0.218. The molecule has 2 aromatic heterocycles. The number of fused-ring (bicyclic) bond motifs is 5. The zero-order valence-corrected chi connectivity index (χ0v) is 21.9. The molecule has 2 unspecified atom stereocenters. The predicted molar refractivity (Wildman–Crippen MR) is 140 cm³/mol. The van der Waals surface area contributed by atoms with Gasteiger partial charge in [0.1, 0.15) is 29.6 Å². The summed E-state index contributed by atoms with van der Waals surface area (Å²) < 4.78 is 23.1. The number of nitrogens with zero attached hydrogens (tertiary/aromatic N) is 2. The first-order valence-electron chi connectivity index (χ1n) is 12.5. The van der Waals surface area contributed by atoms with Crippen LogP contribution in [-0.2, 0) is 11.3 Å². The summed E-state index contributed by atoms with van der Waals surface area (Å²) in [6.45, 7) is 0.218. The monoisotopic (exact) mass is 548 g/mol. The van der Waals surface area contributed by atoms with Gasteiger partial charge in [-0.15, -0.1) is 0 Å². The van der Waals surface area contributed by atoms with E-state index in [1.165, 1.54) is 7.11 Å². The number of rotatable bonds is 6. The summed E-state index contributed by atoms with van der Waals surface area (Å²) in [5.74, 6) is 3.07. The van der Waals surface area contributed by atoms with Gasteiger partial charge in [-0.25, -0.2) is 9.78 Å². The molecule has 2 atom stereocenters. The van der Waals surface area contributed by atoms with Crippen LogP contribution >= 0.6 is 23.2 Å². The van der Waals surface area contributed by atoms with Crippen LogP contribution in [0.1, 0.15) is 70.0 Å². The molecule has 2 aromatic carbocycles. The second-order valence-corrected chi connectivity index (χ2v) is 10.7. The number of pyridine rings is 1. The second kappa shape index (κ2) is 9.03. The lowest BCUT2D eigenvalue weighted by Crippen LogP contribution is -2.03. The van der Waals surface area contributed by atoms with Crippen LogP contribution in [0.5, 0.6) is 17.4 Å². The number of methoxy groups -OCH3 is 1. The number of hydrogen-bond acceptors (Lipinski definition) is 7. The standard InChI is InChI=1S/C29H22Cl2N2O5/c1-35-29(34)15-7-8-16-17-12-18(17)26-22(37-23(16)11-15)9-10-24(32-26)36-13-19-27(33-38-28(19)14-5-6-14)25-20(30)3-2-4-21(25)31/h2-4,7-11,14,17-18H,5-6,12-13H2,1H3. The average Bonchev–Trinajstić information content (AvgIpc) is 3.85. The van der Waals surface area contributed by atoms with Crippen LogP contribution in [0.4, 0.5) is 0 Å². The molecule has 0 amide bonds. The lowest BCUT2D eigenvalue weighted by Gasteiger charge is -2.13. The number of halogens is 2. The van der Waals surface area contributed by atoms with Crippen LogP contribution < -0.4 is 9.47 Å². The smallest absolute Gasteiger partial charge is 0.337 e. The third-order valence-corrected chi connectivity index (χ3v) is 8.02. The predicted octanol–water partition coefficient (Wildman–Crippen LogP) is 7.66. The number of hydrogen-bond donors (Lipinski definition) is 0. The first-order chi connectivity index (χ1) is 18.5. The summed E-state index contributed by atoms with van der Waals surface area (Å²) in [5, 5.41) is 5.34. The zero-order chi connectivity index (χ0) is 26.0. The van der Waals surface area contributed by atoms with Crippen LogP contribution in [0.3, 0.4) is 0 Å². The fourth-order valence-electron chi connectivity index (χ4n) is 5.20. The van der Waals surface area contributed by atoms with Crippen molar-refractivity contribution in [2.24, 2.45) is 0 Å². The number of benzene rings is 2. The van der Waals surface area contributed by atoms with Gasteiger partial charge >= 0.3 is 5.97 Å². The van der Waals surface area contributed by atoms with E-state index in [0.29, 0.717) is 50.2 Å². The van der Waals surface area contributed by atoms with Gasteiger partial charge in [0.15, 0.2) is 0 Å². The molecule has 0 spiro atoms. The number of ether oxygens (including phenoxy) is 3. The molecule has 38 heavy (non-hydrogen) atoms. The SMILES string of the molecule is COC(=O)c1ccc2c(c1)Oc1ccc(OCc3c(-c4c(Cl)cccc4Cl)noc3C3CC3)nc1C1CC21. The van der Waals surface area contributed by atoms with E-state index in [1.807, 2.05) is 12.1 Å². The Morgan fingerprint density at radius 2 is 1.87 bits per heavy atom. The number of esters is 1. The lowest BCUT2D eigenvalue weighted by atomic mass is 10.0. The van der Waals surface area contributed by atoms with Gasteiger partial charge in [-0.05, 0) is 61.1 Å². The van der Waals surface area contributed by atoms with Crippen molar-refractivity contribution >= 4 is 29.2 Å². The quantitative estimate of drug-likeness (QED) is 0.228. The Morgan fingerprint density at radius 3 is 2.63 bits per heavy atom. The average molecular weight is 549 g/mol. The summed E-state index contributed by atoms with van der Waals surface area (Å²) >= 11 is 13.0. The number of aromatic nitrogens is 2. The van der Waals surface area contributed by atoms with Gasteiger partial charge in [0.05, 0.1) is 34.0 Å². The molecule has 9 heteroatoms.